The highest BCUT2D eigenvalue weighted by atomic mass is 31.2. The van der Waals surface area contributed by atoms with Crippen molar-refractivity contribution in [1.82, 2.24) is 0 Å². The summed E-state index contributed by atoms with van der Waals surface area (Å²) in [7, 11) is -8.80. The summed E-state index contributed by atoms with van der Waals surface area (Å²) in [5.74, 6) is -2.81. The zero-order valence-electron chi connectivity index (χ0n) is 17.0. The minimum atomic E-state index is -4.40. The van der Waals surface area contributed by atoms with E-state index in [2.05, 4.69) is 10.4 Å². The Labute approximate surface area is 172 Å². The molecule has 12 heteroatoms. The van der Waals surface area contributed by atoms with Gasteiger partial charge in [-0.05, 0) is 12.8 Å². The first-order chi connectivity index (χ1) is 13.6. The van der Waals surface area contributed by atoms with Gasteiger partial charge in [0.15, 0.2) is 11.6 Å². The lowest BCUT2D eigenvalue weighted by Crippen LogP contribution is -2.04. The lowest BCUT2D eigenvalue weighted by Gasteiger charge is -2.10. The molecule has 10 nitrogen and oxygen atoms in total. The Morgan fingerprint density at radius 3 is 0.862 bits per heavy atom. The van der Waals surface area contributed by atoms with Gasteiger partial charge in [-0.3, -0.25) is 9.13 Å². The largest absolute Gasteiger partial charge is 0.353 e. The first kappa shape index (κ1) is 28.5. The van der Waals surface area contributed by atoms with Crippen LogP contribution in [-0.2, 0) is 9.13 Å². The van der Waals surface area contributed by atoms with Gasteiger partial charge in [0.2, 0.25) is 0 Å². The monoisotopic (exact) mass is 458 g/mol. The maximum atomic E-state index is 11.0. The minimum absolute atomic E-state index is 0.138. The molecule has 0 aromatic rings. The lowest BCUT2D eigenvalue weighted by molar-refractivity contribution is 0.351. The molecule has 0 aliphatic heterocycles. The first-order valence-electron chi connectivity index (χ1n) is 10.4. The normalized spacial score (nSPS) is 14.5. The smallest absolute Gasteiger partial charge is 0.323 e. The Balaban J connectivity index is 3.40. The average molecular weight is 458 g/mol. The molecule has 0 saturated carbocycles. The summed E-state index contributed by atoms with van der Waals surface area (Å²) in [6.07, 6.45) is 13.0. The molecule has 29 heavy (non-hydrogen) atoms. The third-order valence-electron chi connectivity index (χ3n) is 4.94. The zero-order valence-corrected chi connectivity index (χ0v) is 18.8. The standard InChI is InChI=1S/C17H36N2O8P2/c20-18-16(28(22,23)24)14-12-10-8-6-4-2-1-3-5-7-9-11-13-15-17(19-21)29(25,26)27/h16-17H,1-15H2,(H2,22,23,24)(H2,25,26,27). The molecule has 172 valence electrons. The molecule has 0 saturated heterocycles. The van der Waals surface area contributed by atoms with E-state index in [4.69, 9.17) is 19.6 Å². The lowest BCUT2D eigenvalue weighted by atomic mass is 10.0. The Bertz CT molecular complexity index is 492. The van der Waals surface area contributed by atoms with Gasteiger partial charge in [-0.2, -0.15) is 0 Å². The third kappa shape index (κ3) is 15.9. The maximum absolute atomic E-state index is 11.0. The van der Waals surface area contributed by atoms with Crippen LogP contribution >= 0.6 is 15.2 Å². The van der Waals surface area contributed by atoms with Crippen LogP contribution in [0.15, 0.2) is 10.4 Å². The molecule has 0 bridgehead atoms. The number of rotatable bonds is 20. The number of nitrogens with zero attached hydrogens (tertiary/aromatic N) is 2. The summed E-state index contributed by atoms with van der Waals surface area (Å²) < 4.78 is 21.9. The quantitative estimate of drug-likeness (QED) is 0.107. The van der Waals surface area contributed by atoms with Gasteiger partial charge in [-0.1, -0.05) is 93.8 Å². The highest BCUT2D eigenvalue weighted by Gasteiger charge is 2.29. The van der Waals surface area contributed by atoms with Gasteiger partial charge in [0.25, 0.3) is 0 Å². The predicted molar refractivity (Wildman–Crippen MR) is 113 cm³/mol. The van der Waals surface area contributed by atoms with Crippen molar-refractivity contribution < 1.29 is 28.7 Å². The van der Waals surface area contributed by atoms with E-state index in [1.807, 2.05) is 0 Å². The Morgan fingerprint density at radius 1 is 0.483 bits per heavy atom. The third-order valence-corrected chi connectivity index (χ3v) is 7.20. The van der Waals surface area contributed by atoms with Gasteiger partial charge in [-0.25, -0.2) is 0 Å². The second kappa shape index (κ2) is 16.2. The number of hydrogen-bond acceptors (Lipinski definition) is 6. The predicted octanol–water partition coefficient (Wildman–Crippen LogP) is 5.38. The highest BCUT2D eigenvalue weighted by molar-refractivity contribution is 7.52. The van der Waals surface area contributed by atoms with Crippen molar-refractivity contribution in [3.05, 3.63) is 9.81 Å². The summed E-state index contributed by atoms with van der Waals surface area (Å²) in [5.41, 5.74) is 0. The molecule has 4 N–H and O–H groups in total. The van der Waals surface area contributed by atoms with Gasteiger partial charge in [0, 0.05) is 0 Å². The van der Waals surface area contributed by atoms with E-state index in [9.17, 15) is 18.9 Å². The molecule has 2 unspecified atom stereocenters. The van der Waals surface area contributed by atoms with E-state index in [0.717, 1.165) is 70.6 Å². The van der Waals surface area contributed by atoms with Crippen LogP contribution in [0.2, 0.25) is 0 Å². The minimum Gasteiger partial charge on any atom is -0.323 e. The fourth-order valence-corrected chi connectivity index (χ4v) is 4.45. The van der Waals surface area contributed by atoms with Crippen molar-refractivity contribution in [3.63, 3.8) is 0 Å². The van der Waals surface area contributed by atoms with E-state index < -0.39 is 26.8 Å². The van der Waals surface area contributed by atoms with Gasteiger partial charge in [0.1, 0.15) is 0 Å². The van der Waals surface area contributed by atoms with Crippen LogP contribution in [0.1, 0.15) is 96.3 Å². The van der Waals surface area contributed by atoms with Crippen LogP contribution in [0.25, 0.3) is 0 Å². The average Bonchev–Trinajstić information content (AvgIpc) is 2.62. The maximum Gasteiger partial charge on any atom is 0.353 e. The van der Waals surface area contributed by atoms with Crippen LogP contribution in [-0.4, -0.2) is 31.1 Å². The van der Waals surface area contributed by atoms with E-state index in [1.54, 1.807) is 0 Å². The van der Waals surface area contributed by atoms with Crippen LogP contribution in [0.4, 0.5) is 0 Å². The van der Waals surface area contributed by atoms with Crippen molar-refractivity contribution in [2.45, 2.75) is 108 Å². The van der Waals surface area contributed by atoms with Crippen LogP contribution < -0.4 is 0 Å². The molecular formula is C17H36N2O8P2. The van der Waals surface area contributed by atoms with Crippen LogP contribution in [0.3, 0.4) is 0 Å². The topological polar surface area (TPSA) is 174 Å². The molecule has 0 heterocycles. The summed E-state index contributed by atoms with van der Waals surface area (Å²) in [5, 5.41) is 5.04. The molecular weight excluding hydrogens is 422 g/mol. The fraction of sp³-hybridized carbons (Fsp3) is 1.00. The molecule has 0 aliphatic rings. The van der Waals surface area contributed by atoms with Crippen molar-refractivity contribution in [1.29, 1.82) is 0 Å². The summed E-state index contributed by atoms with van der Waals surface area (Å²) in [6, 6.07) is 0. The summed E-state index contributed by atoms with van der Waals surface area (Å²) >= 11 is 0. The van der Waals surface area contributed by atoms with Gasteiger partial charge >= 0.3 is 15.2 Å². The molecule has 0 spiro atoms. The van der Waals surface area contributed by atoms with Crippen molar-refractivity contribution in [2.75, 3.05) is 0 Å². The van der Waals surface area contributed by atoms with Crippen molar-refractivity contribution >= 4 is 15.2 Å². The molecule has 0 aromatic heterocycles. The first-order valence-corrected chi connectivity index (χ1v) is 13.7. The van der Waals surface area contributed by atoms with Crippen molar-refractivity contribution in [2.24, 2.45) is 10.4 Å². The van der Waals surface area contributed by atoms with E-state index >= 15 is 0 Å². The SMILES string of the molecule is O=NC(CCCCCCCCCCCCCCCC(N=O)P(=O)(O)O)P(=O)(O)O. The molecule has 0 amide bonds. The van der Waals surface area contributed by atoms with E-state index in [1.165, 1.54) is 0 Å². The molecule has 0 fully saturated rings. The highest BCUT2D eigenvalue weighted by Crippen LogP contribution is 2.45. The molecule has 0 aliphatic carbocycles. The second-order valence-electron chi connectivity index (χ2n) is 7.52. The summed E-state index contributed by atoms with van der Waals surface area (Å²) in [6.45, 7) is 0. The molecule has 0 radical (unpaired) electrons. The van der Waals surface area contributed by atoms with Gasteiger partial charge in [-0.15, -0.1) is 9.81 Å². The second-order valence-corrected chi connectivity index (χ2v) is 11.1. The Kier molecular flexibility index (Phi) is 15.9. The van der Waals surface area contributed by atoms with Crippen LogP contribution in [0, 0.1) is 9.81 Å². The molecule has 0 rings (SSSR count). The molecule has 2 atom stereocenters. The van der Waals surface area contributed by atoms with Crippen LogP contribution in [0.5, 0.6) is 0 Å². The van der Waals surface area contributed by atoms with E-state index in [-0.39, 0.29) is 12.8 Å². The Hall–Kier alpha value is -0.500. The van der Waals surface area contributed by atoms with E-state index in [0.29, 0.717) is 12.8 Å². The number of hydrogen-bond donors (Lipinski definition) is 4. The molecule has 0 aromatic carbocycles. The number of unbranched alkanes of at least 4 members (excludes halogenated alkanes) is 12. The number of nitroso groups, excluding NO2 is 2. The zero-order chi connectivity index (χ0) is 22.2. The van der Waals surface area contributed by atoms with Gasteiger partial charge in [0.05, 0.1) is 0 Å². The fourth-order valence-electron chi connectivity index (χ4n) is 3.16. The van der Waals surface area contributed by atoms with Gasteiger partial charge < -0.3 is 19.6 Å². The summed E-state index contributed by atoms with van der Waals surface area (Å²) in [4.78, 5) is 56.5. The Morgan fingerprint density at radius 2 is 0.690 bits per heavy atom. The van der Waals surface area contributed by atoms with Crippen molar-refractivity contribution in [3.8, 4) is 0 Å².